The third kappa shape index (κ3) is 2.70. The number of rotatable bonds is 2. The minimum Gasteiger partial charge on any atom is -0.357 e. The van der Waals surface area contributed by atoms with Gasteiger partial charge in [-0.25, -0.2) is 9.97 Å². The predicted molar refractivity (Wildman–Crippen MR) is 65.7 cm³/mol. The van der Waals surface area contributed by atoms with Crippen LogP contribution in [0, 0.1) is 6.92 Å². The van der Waals surface area contributed by atoms with Gasteiger partial charge >= 0.3 is 0 Å². The molecule has 1 fully saturated rings. The first-order valence-corrected chi connectivity index (χ1v) is 5.99. The van der Waals surface area contributed by atoms with E-state index >= 15 is 0 Å². The van der Waals surface area contributed by atoms with Gasteiger partial charge in [0.25, 0.3) is 0 Å². The highest BCUT2D eigenvalue weighted by molar-refractivity contribution is 5.38. The monoisotopic (exact) mass is 220 g/mol. The SMILES string of the molecule is Cc1cc(N(C)C2CCCNCC2)ncn1. The topological polar surface area (TPSA) is 41.0 Å². The number of aromatic nitrogens is 2. The van der Waals surface area contributed by atoms with Crippen LogP contribution in [0.4, 0.5) is 5.82 Å². The average Bonchev–Trinajstić information content (AvgIpc) is 2.56. The Balaban J connectivity index is 2.07. The minimum absolute atomic E-state index is 0.601. The zero-order valence-electron chi connectivity index (χ0n) is 10.1. The van der Waals surface area contributed by atoms with Gasteiger partial charge in [0.15, 0.2) is 0 Å². The highest BCUT2D eigenvalue weighted by atomic mass is 15.2. The molecule has 0 saturated carbocycles. The molecule has 1 aromatic heterocycles. The van der Waals surface area contributed by atoms with E-state index in [1.807, 2.05) is 6.92 Å². The molecule has 4 heteroatoms. The molecule has 0 aromatic carbocycles. The largest absolute Gasteiger partial charge is 0.357 e. The summed E-state index contributed by atoms with van der Waals surface area (Å²) in [5, 5.41) is 3.44. The van der Waals surface area contributed by atoms with Crippen LogP contribution in [0.15, 0.2) is 12.4 Å². The molecule has 4 nitrogen and oxygen atoms in total. The van der Waals surface area contributed by atoms with Crippen LogP contribution in [0.25, 0.3) is 0 Å². The van der Waals surface area contributed by atoms with Crippen molar-refractivity contribution in [1.82, 2.24) is 15.3 Å². The maximum Gasteiger partial charge on any atom is 0.132 e. The van der Waals surface area contributed by atoms with Crippen LogP contribution >= 0.6 is 0 Å². The molecule has 2 heterocycles. The summed E-state index contributed by atoms with van der Waals surface area (Å²) in [6.45, 7) is 4.26. The van der Waals surface area contributed by atoms with Crippen LogP contribution in [-0.2, 0) is 0 Å². The second kappa shape index (κ2) is 5.25. The normalized spacial score (nSPS) is 21.5. The summed E-state index contributed by atoms with van der Waals surface area (Å²) in [4.78, 5) is 10.8. The zero-order valence-corrected chi connectivity index (χ0v) is 10.1. The number of hydrogen-bond donors (Lipinski definition) is 1. The lowest BCUT2D eigenvalue weighted by Gasteiger charge is -2.28. The van der Waals surface area contributed by atoms with E-state index in [2.05, 4.69) is 33.3 Å². The smallest absolute Gasteiger partial charge is 0.132 e. The number of nitrogens with zero attached hydrogens (tertiary/aromatic N) is 3. The van der Waals surface area contributed by atoms with Crippen LogP contribution in [-0.4, -0.2) is 36.1 Å². The van der Waals surface area contributed by atoms with Gasteiger partial charge in [-0.05, 0) is 39.3 Å². The second-order valence-corrected chi connectivity index (χ2v) is 4.46. The highest BCUT2D eigenvalue weighted by Crippen LogP contribution is 2.18. The first kappa shape index (κ1) is 11.3. The molecule has 0 radical (unpaired) electrons. The van der Waals surface area contributed by atoms with Crippen LogP contribution in [0.1, 0.15) is 25.0 Å². The van der Waals surface area contributed by atoms with E-state index in [1.54, 1.807) is 6.33 Å². The van der Waals surface area contributed by atoms with Crippen molar-refractivity contribution >= 4 is 5.82 Å². The van der Waals surface area contributed by atoms with Crippen molar-refractivity contribution in [3.63, 3.8) is 0 Å². The van der Waals surface area contributed by atoms with E-state index in [4.69, 9.17) is 0 Å². The summed E-state index contributed by atoms with van der Waals surface area (Å²) in [7, 11) is 2.14. The number of anilines is 1. The molecule has 1 N–H and O–H groups in total. The molecule has 0 bridgehead atoms. The maximum absolute atomic E-state index is 4.34. The van der Waals surface area contributed by atoms with E-state index < -0.39 is 0 Å². The van der Waals surface area contributed by atoms with E-state index in [9.17, 15) is 0 Å². The lowest BCUT2D eigenvalue weighted by Crippen LogP contribution is -2.33. The van der Waals surface area contributed by atoms with Crippen molar-refractivity contribution in [2.24, 2.45) is 0 Å². The summed E-state index contributed by atoms with van der Waals surface area (Å²) in [6, 6.07) is 2.66. The molecule has 0 aliphatic carbocycles. The molecule has 2 rings (SSSR count). The highest BCUT2D eigenvalue weighted by Gasteiger charge is 2.17. The number of aryl methyl sites for hydroxylation is 1. The Morgan fingerprint density at radius 2 is 2.19 bits per heavy atom. The molecular weight excluding hydrogens is 200 g/mol. The Kier molecular flexibility index (Phi) is 3.72. The molecule has 1 unspecified atom stereocenters. The van der Waals surface area contributed by atoms with Crippen LogP contribution < -0.4 is 10.2 Å². The summed E-state index contributed by atoms with van der Waals surface area (Å²) < 4.78 is 0. The lowest BCUT2D eigenvalue weighted by molar-refractivity contribution is 0.562. The van der Waals surface area contributed by atoms with Crippen molar-refractivity contribution in [3.05, 3.63) is 18.1 Å². The van der Waals surface area contributed by atoms with E-state index in [1.165, 1.54) is 19.3 Å². The molecule has 0 spiro atoms. The molecule has 1 aromatic rings. The average molecular weight is 220 g/mol. The quantitative estimate of drug-likeness (QED) is 0.817. The van der Waals surface area contributed by atoms with Crippen LogP contribution in [0.5, 0.6) is 0 Å². The van der Waals surface area contributed by atoms with Gasteiger partial charge in [0.2, 0.25) is 0 Å². The van der Waals surface area contributed by atoms with Gasteiger partial charge in [-0.2, -0.15) is 0 Å². The van der Waals surface area contributed by atoms with Crippen molar-refractivity contribution in [2.75, 3.05) is 25.0 Å². The second-order valence-electron chi connectivity index (χ2n) is 4.46. The van der Waals surface area contributed by atoms with Crippen LogP contribution in [0.3, 0.4) is 0 Å². The van der Waals surface area contributed by atoms with Gasteiger partial charge < -0.3 is 10.2 Å². The molecule has 1 aliphatic rings. The first-order valence-electron chi connectivity index (χ1n) is 5.99. The molecule has 1 atom stereocenters. The molecule has 16 heavy (non-hydrogen) atoms. The standard InChI is InChI=1S/C12H20N4/c1-10-8-12(15-9-14-10)16(2)11-4-3-6-13-7-5-11/h8-9,11,13H,3-7H2,1-2H3. The van der Waals surface area contributed by atoms with Crippen molar-refractivity contribution in [3.8, 4) is 0 Å². The van der Waals surface area contributed by atoms with Gasteiger partial charge in [0, 0.05) is 24.8 Å². The Bertz CT molecular complexity index is 332. The molecule has 88 valence electrons. The Morgan fingerprint density at radius 1 is 1.31 bits per heavy atom. The van der Waals surface area contributed by atoms with E-state index in [-0.39, 0.29) is 0 Å². The third-order valence-corrected chi connectivity index (χ3v) is 3.24. The maximum atomic E-state index is 4.34. The Morgan fingerprint density at radius 3 is 3.00 bits per heavy atom. The predicted octanol–water partition coefficient (Wildman–Crippen LogP) is 1.36. The Hall–Kier alpha value is -1.16. The van der Waals surface area contributed by atoms with Gasteiger partial charge in [0.1, 0.15) is 12.1 Å². The summed E-state index contributed by atoms with van der Waals surface area (Å²) in [5.41, 5.74) is 1.03. The lowest BCUT2D eigenvalue weighted by atomic mass is 10.1. The molecule has 1 saturated heterocycles. The van der Waals surface area contributed by atoms with Crippen LogP contribution in [0.2, 0.25) is 0 Å². The van der Waals surface area contributed by atoms with Crippen molar-refractivity contribution in [1.29, 1.82) is 0 Å². The third-order valence-electron chi connectivity index (χ3n) is 3.24. The van der Waals surface area contributed by atoms with Gasteiger partial charge in [0.05, 0.1) is 0 Å². The van der Waals surface area contributed by atoms with Gasteiger partial charge in [-0.15, -0.1) is 0 Å². The minimum atomic E-state index is 0.601. The molecule has 1 aliphatic heterocycles. The summed E-state index contributed by atoms with van der Waals surface area (Å²) in [5.74, 6) is 1.04. The molecule has 0 amide bonds. The molecular formula is C12H20N4. The number of nitrogens with one attached hydrogen (secondary N) is 1. The van der Waals surface area contributed by atoms with Crippen molar-refractivity contribution < 1.29 is 0 Å². The van der Waals surface area contributed by atoms with E-state index in [0.717, 1.165) is 24.6 Å². The van der Waals surface area contributed by atoms with Gasteiger partial charge in [-0.1, -0.05) is 0 Å². The summed E-state index contributed by atoms with van der Waals surface area (Å²) in [6.07, 6.45) is 5.33. The fourth-order valence-corrected chi connectivity index (χ4v) is 2.21. The number of hydrogen-bond acceptors (Lipinski definition) is 4. The first-order chi connectivity index (χ1) is 7.77. The van der Waals surface area contributed by atoms with E-state index in [0.29, 0.717) is 6.04 Å². The fraction of sp³-hybridized carbons (Fsp3) is 0.667. The summed E-state index contributed by atoms with van der Waals surface area (Å²) >= 11 is 0. The van der Waals surface area contributed by atoms with Crippen molar-refractivity contribution in [2.45, 2.75) is 32.2 Å². The zero-order chi connectivity index (χ0) is 11.4. The Labute approximate surface area is 97.1 Å². The fourth-order valence-electron chi connectivity index (χ4n) is 2.21. The van der Waals surface area contributed by atoms with Gasteiger partial charge in [-0.3, -0.25) is 0 Å².